The van der Waals surface area contributed by atoms with E-state index < -0.39 is 10.0 Å². The van der Waals surface area contributed by atoms with Crippen LogP contribution < -0.4 is 10.0 Å². The smallest absolute Gasteiger partial charge is 0.211 e. The summed E-state index contributed by atoms with van der Waals surface area (Å²) in [6.07, 6.45) is 2.75. The largest absolute Gasteiger partial charge is 0.317 e. The van der Waals surface area contributed by atoms with Crippen LogP contribution in [0.3, 0.4) is 0 Å². The zero-order valence-corrected chi connectivity index (χ0v) is 11.5. The molecule has 1 fully saturated rings. The van der Waals surface area contributed by atoms with E-state index in [0.29, 0.717) is 6.42 Å². The molecule has 16 heavy (non-hydrogen) atoms. The molecular formula is C10H22N2O2S2. The molecule has 1 unspecified atom stereocenters. The number of thioether (sulfide) groups is 1. The van der Waals surface area contributed by atoms with Crippen molar-refractivity contribution in [3.05, 3.63) is 0 Å². The third-order valence-electron chi connectivity index (χ3n) is 2.47. The average Bonchev–Trinajstić information content (AvgIpc) is 2.69. The fourth-order valence-electron chi connectivity index (χ4n) is 1.63. The molecule has 1 heterocycles. The Kier molecular flexibility index (Phi) is 6.72. The summed E-state index contributed by atoms with van der Waals surface area (Å²) in [6, 6.07) is 0.165. The molecule has 1 saturated heterocycles. The molecule has 0 aromatic carbocycles. The van der Waals surface area contributed by atoms with Gasteiger partial charge in [-0.15, -0.1) is 0 Å². The molecule has 0 spiro atoms. The normalized spacial score (nSPS) is 21.4. The van der Waals surface area contributed by atoms with Crippen LogP contribution >= 0.6 is 11.8 Å². The van der Waals surface area contributed by atoms with E-state index in [4.69, 9.17) is 0 Å². The zero-order chi connectivity index (χ0) is 11.9. The minimum absolute atomic E-state index is 0.165. The van der Waals surface area contributed by atoms with Gasteiger partial charge in [0.15, 0.2) is 0 Å². The molecular weight excluding hydrogens is 244 g/mol. The molecule has 0 aliphatic carbocycles. The van der Waals surface area contributed by atoms with Crippen molar-refractivity contribution in [1.82, 2.24) is 10.0 Å². The second-order valence-corrected chi connectivity index (χ2v) is 7.12. The molecule has 2 N–H and O–H groups in total. The second-order valence-electron chi connectivity index (χ2n) is 4.10. The van der Waals surface area contributed by atoms with Gasteiger partial charge in [-0.2, -0.15) is 11.8 Å². The Hall–Kier alpha value is 0.220. The summed E-state index contributed by atoms with van der Waals surface area (Å²) in [5.41, 5.74) is 0. The van der Waals surface area contributed by atoms with Crippen molar-refractivity contribution in [2.75, 3.05) is 30.3 Å². The van der Waals surface area contributed by atoms with Gasteiger partial charge in [0.1, 0.15) is 0 Å². The molecule has 0 radical (unpaired) electrons. The lowest BCUT2D eigenvalue weighted by Crippen LogP contribution is -2.36. The maximum Gasteiger partial charge on any atom is 0.211 e. The highest BCUT2D eigenvalue weighted by Gasteiger charge is 2.21. The van der Waals surface area contributed by atoms with Gasteiger partial charge in [-0.05, 0) is 38.1 Å². The fourth-order valence-corrected chi connectivity index (χ4v) is 4.24. The Labute approximate surface area is 103 Å². The Bertz CT molecular complexity index is 275. The van der Waals surface area contributed by atoms with Gasteiger partial charge in [-0.3, -0.25) is 0 Å². The number of rotatable bonds is 8. The number of sulfonamides is 1. The lowest BCUT2D eigenvalue weighted by atomic mass is 10.3. The highest BCUT2D eigenvalue weighted by Crippen LogP contribution is 2.17. The first-order valence-corrected chi connectivity index (χ1v) is 8.73. The minimum atomic E-state index is -3.06. The molecule has 0 saturated carbocycles. The van der Waals surface area contributed by atoms with Crippen LogP contribution in [0, 0.1) is 0 Å². The van der Waals surface area contributed by atoms with Crippen molar-refractivity contribution in [3.8, 4) is 0 Å². The quantitative estimate of drug-likeness (QED) is 0.638. The van der Waals surface area contributed by atoms with Crippen molar-refractivity contribution >= 4 is 21.8 Å². The van der Waals surface area contributed by atoms with Gasteiger partial charge < -0.3 is 5.32 Å². The van der Waals surface area contributed by atoms with Crippen LogP contribution in [0.25, 0.3) is 0 Å². The topological polar surface area (TPSA) is 58.2 Å². The molecule has 0 amide bonds. The van der Waals surface area contributed by atoms with E-state index in [0.717, 1.165) is 37.4 Å². The highest BCUT2D eigenvalue weighted by atomic mass is 32.2. The average molecular weight is 266 g/mol. The van der Waals surface area contributed by atoms with E-state index in [1.165, 1.54) is 0 Å². The zero-order valence-electron chi connectivity index (χ0n) is 9.87. The number of nitrogens with one attached hydrogen (secondary N) is 2. The van der Waals surface area contributed by atoms with Crippen LogP contribution in [0.5, 0.6) is 0 Å². The van der Waals surface area contributed by atoms with Crippen LogP contribution in [0.4, 0.5) is 0 Å². The van der Waals surface area contributed by atoms with Gasteiger partial charge >= 0.3 is 0 Å². The van der Waals surface area contributed by atoms with E-state index in [1.807, 2.05) is 11.8 Å². The second kappa shape index (κ2) is 7.53. The molecule has 4 nitrogen and oxygen atoms in total. The van der Waals surface area contributed by atoms with E-state index in [9.17, 15) is 8.42 Å². The highest BCUT2D eigenvalue weighted by molar-refractivity contribution is 7.99. The Balaban J connectivity index is 2.13. The van der Waals surface area contributed by atoms with E-state index in [2.05, 4.69) is 17.0 Å². The molecule has 0 aromatic rings. The molecule has 0 bridgehead atoms. The van der Waals surface area contributed by atoms with Crippen LogP contribution in [-0.4, -0.2) is 44.8 Å². The third kappa shape index (κ3) is 6.08. The van der Waals surface area contributed by atoms with Gasteiger partial charge in [0.2, 0.25) is 10.0 Å². The summed E-state index contributed by atoms with van der Waals surface area (Å²) in [6.45, 7) is 3.85. The third-order valence-corrected chi connectivity index (χ3v) is 5.15. The first-order valence-electron chi connectivity index (χ1n) is 5.92. The predicted molar refractivity (Wildman–Crippen MR) is 70.4 cm³/mol. The van der Waals surface area contributed by atoms with Crippen molar-refractivity contribution < 1.29 is 8.42 Å². The lowest BCUT2D eigenvalue weighted by Gasteiger charge is -2.11. The lowest BCUT2D eigenvalue weighted by molar-refractivity contribution is 0.557. The summed E-state index contributed by atoms with van der Waals surface area (Å²) < 4.78 is 26.1. The molecule has 0 aromatic heterocycles. The minimum Gasteiger partial charge on any atom is -0.317 e. The van der Waals surface area contributed by atoms with Gasteiger partial charge in [0, 0.05) is 11.8 Å². The van der Waals surface area contributed by atoms with Gasteiger partial charge in [-0.1, -0.05) is 6.92 Å². The van der Waals surface area contributed by atoms with Crippen LogP contribution in [-0.2, 0) is 10.0 Å². The van der Waals surface area contributed by atoms with Gasteiger partial charge in [0.05, 0.1) is 5.75 Å². The number of hydrogen-bond donors (Lipinski definition) is 2. The van der Waals surface area contributed by atoms with Crippen molar-refractivity contribution in [2.45, 2.75) is 32.2 Å². The standard InChI is InChI=1S/C10H22N2O2S2/c1-2-5-11-6-3-8-16(13,14)12-10-4-7-15-9-10/h10-12H,2-9H2,1H3. The SMILES string of the molecule is CCCNCCCS(=O)(=O)NC1CCSC1. The van der Waals surface area contributed by atoms with Crippen LogP contribution in [0.1, 0.15) is 26.2 Å². The molecule has 1 rings (SSSR count). The molecule has 1 atom stereocenters. The Morgan fingerprint density at radius 1 is 1.38 bits per heavy atom. The summed E-state index contributed by atoms with van der Waals surface area (Å²) in [5.74, 6) is 2.24. The summed E-state index contributed by atoms with van der Waals surface area (Å²) in [5, 5.41) is 3.20. The van der Waals surface area contributed by atoms with E-state index in [-0.39, 0.29) is 11.8 Å². The van der Waals surface area contributed by atoms with Gasteiger partial charge in [-0.25, -0.2) is 13.1 Å². The predicted octanol–water partition coefficient (Wildman–Crippen LogP) is 0.801. The van der Waals surface area contributed by atoms with Gasteiger partial charge in [0.25, 0.3) is 0 Å². The maximum absolute atomic E-state index is 11.7. The molecule has 6 heteroatoms. The maximum atomic E-state index is 11.7. The van der Waals surface area contributed by atoms with Crippen LogP contribution in [0.15, 0.2) is 0 Å². The Morgan fingerprint density at radius 2 is 2.19 bits per heavy atom. The molecule has 1 aliphatic rings. The first-order chi connectivity index (χ1) is 7.64. The monoisotopic (exact) mass is 266 g/mol. The van der Waals surface area contributed by atoms with Crippen LogP contribution in [0.2, 0.25) is 0 Å². The summed E-state index contributed by atoms with van der Waals surface area (Å²) in [4.78, 5) is 0. The number of hydrogen-bond acceptors (Lipinski definition) is 4. The molecule has 96 valence electrons. The molecule has 1 aliphatic heterocycles. The first kappa shape index (κ1) is 14.3. The van der Waals surface area contributed by atoms with E-state index >= 15 is 0 Å². The van der Waals surface area contributed by atoms with E-state index in [1.54, 1.807) is 0 Å². The fraction of sp³-hybridized carbons (Fsp3) is 1.00. The van der Waals surface area contributed by atoms with Crippen molar-refractivity contribution in [3.63, 3.8) is 0 Å². The van der Waals surface area contributed by atoms with Crippen molar-refractivity contribution in [1.29, 1.82) is 0 Å². The summed E-state index contributed by atoms with van der Waals surface area (Å²) in [7, 11) is -3.06. The van der Waals surface area contributed by atoms with Crippen molar-refractivity contribution in [2.24, 2.45) is 0 Å². The Morgan fingerprint density at radius 3 is 2.81 bits per heavy atom. The summed E-state index contributed by atoms with van der Waals surface area (Å²) >= 11 is 1.82.